The van der Waals surface area contributed by atoms with Gasteiger partial charge in [0, 0.05) is 38.7 Å². The average Bonchev–Trinajstić information content (AvgIpc) is 2.55. The second-order valence-electron chi connectivity index (χ2n) is 5.32. The van der Waals surface area contributed by atoms with E-state index in [1.165, 1.54) is 6.07 Å². The Morgan fingerprint density at radius 1 is 1.27 bits per heavy atom. The summed E-state index contributed by atoms with van der Waals surface area (Å²) in [6.45, 7) is 3.32. The Labute approximate surface area is 130 Å². The minimum atomic E-state index is -0.357. The molecular formula is C15H22N4O3. The molecule has 22 heavy (non-hydrogen) atoms. The molecular weight excluding hydrogens is 284 g/mol. The molecule has 120 valence electrons. The highest BCUT2D eigenvalue weighted by atomic mass is 16.6. The number of nitro groups is 1. The number of nitrogens with zero attached hydrogens (tertiary/aromatic N) is 3. The number of rotatable bonds is 6. The molecule has 0 bridgehead atoms. The van der Waals surface area contributed by atoms with Gasteiger partial charge in [0.15, 0.2) is 0 Å². The summed E-state index contributed by atoms with van der Waals surface area (Å²) in [4.78, 5) is 26.6. The second-order valence-corrected chi connectivity index (χ2v) is 5.32. The zero-order valence-corrected chi connectivity index (χ0v) is 12.8. The van der Waals surface area contributed by atoms with E-state index in [0.717, 1.165) is 13.0 Å². The van der Waals surface area contributed by atoms with E-state index < -0.39 is 0 Å². The number of nitrogens with one attached hydrogen (secondary N) is 1. The van der Waals surface area contributed by atoms with Crippen LogP contribution < -0.4 is 10.2 Å². The van der Waals surface area contributed by atoms with Crippen LogP contribution in [0.25, 0.3) is 0 Å². The Bertz CT molecular complexity index is 527. The molecule has 0 saturated carbocycles. The summed E-state index contributed by atoms with van der Waals surface area (Å²) >= 11 is 0. The standard InChI is InChI=1S/C15H22N4O3/c1-16-8-4-7-15(20)18-11-9-17(10-12-18)13-5-2-3-6-14(13)19(21)22/h2-3,5-6,16H,4,7-12H2,1H3. The quantitative estimate of drug-likeness (QED) is 0.486. The summed E-state index contributed by atoms with van der Waals surface area (Å²) in [5.41, 5.74) is 0.756. The van der Waals surface area contributed by atoms with Crippen molar-refractivity contribution in [3.8, 4) is 0 Å². The fourth-order valence-corrected chi connectivity index (χ4v) is 2.66. The van der Waals surface area contributed by atoms with Gasteiger partial charge in [0.1, 0.15) is 5.69 Å². The number of carbonyl (C=O) groups excluding carboxylic acids is 1. The number of piperazine rings is 1. The number of hydrogen-bond donors (Lipinski definition) is 1. The molecule has 1 amide bonds. The third-order valence-electron chi connectivity index (χ3n) is 3.87. The van der Waals surface area contributed by atoms with Crippen LogP contribution in [0.3, 0.4) is 0 Å². The Kier molecular flexibility index (Phi) is 5.71. The molecule has 0 spiro atoms. The van der Waals surface area contributed by atoms with Gasteiger partial charge < -0.3 is 15.1 Å². The van der Waals surface area contributed by atoms with Crippen LogP contribution in [0.15, 0.2) is 24.3 Å². The lowest BCUT2D eigenvalue weighted by molar-refractivity contribution is -0.384. The van der Waals surface area contributed by atoms with Crippen LogP contribution >= 0.6 is 0 Å². The molecule has 1 aromatic carbocycles. The van der Waals surface area contributed by atoms with Crippen molar-refractivity contribution in [1.29, 1.82) is 0 Å². The van der Waals surface area contributed by atoms with Gasteiger partial charge >= 0.3 is 0 Å². The minimum Gasteiger partial charge on any atom is -0.362 e. The maximum absolute atomic E-state index is 12.1. The van der Waals surface area contributed by atoms with E-state index in [1.54, 1.807) is 18.2 Å². The van der Waals surface area contributed by atoms with Crippen LogP contribution in [0.5, 0.6) is 0 Å². The van der Waals surface area contributed by atoms with Crippen molar-refractivity contribution in [3.63, 3.8) is 0 Å². The Morgan fingerprint density at radius 2 is 1.95 bits per heavy atom. The molecule has 7 heteroatoms. The summed E-state index contributed by atoms with van der Waals surface area (Å²) in [7, 11) is 1.87. The van der Waals surface area contributed by atoms with Crippen LogP contribution in [0.1, 0.15) is 12.8 Å². The zero-order valence-electron chi connectivity index (χ0n) is 12.8. The molecule has 1 aliphatic heterocycles. The van der Waals surface area contributed by atoms with Crippen molar-refractivity contribution in [2.24, 2.45) is 0 Å². The predicted molar refractivity (Wildman–Crippen MR) is 85.1 cm³/mol. The van der Waals surface area contributed by atoms with Gasteiger partial charge in [-0.15, -0.1) is 0 Å². The molecule has 7 nitrogen and oxygen atoms in total. The van der Waals surface area contributed by atoms with Gasteiger partial charge in [-0.2, -0.15) is 0 Å². The lowest BCUT2D eigenvalue weighted by Gasteiger charge is -2.35. The second kappa shape index (κ2) is 7.74. The van der Waals surface area contributed by atoms with Crippen LogP contribution in [0, 0.1) is 10.1 Å². The van der Waals surface area contributed by atoms with Crippen LogP contribution in [0.2, 0.25) is 0 Å². The highest BCUT2D eigenvalue weighted by molar-refractivity contribution is 5.76. The summed E-state index contributed by atoms with van der Waals surface area (Å²) in [5, 5.41) is 14.1. The maximum Gasteiger partial charge on any atom is 0.292 e. The van der Waals surface area contributed by atoms with E-state index in [4.69, 9.17) is 0 Å². The van der Waals surface area contributed by atoms with E-state index in [1.807, 2.05) is 16.8 Å². The number of benzene rings is 1. The molecule has 1 fully saturated rings. The molecule has 0 aromatic heterocycles. The maximum atomic E-state index is 12.1. The Hall–Kier alpha value is -2.15. The van der Waals surface area contributed by atoms with Gasteiger partial charge in [-0.05, 0) is 26.1 Å². The van der Waals surface area contributed by atoms with Gasteiger partial charge in [-0.3, -0.25) is 14.9 Å². The molecule has 0 radical (unpaired) electrons. The first kappa shape index (κ1) is 16.2. The summed E-state index contributed by atoms with van der Waals surface area (Å²) in [6, 6.07) is 6.76. The van der Waals surface area contributed by atoms with Crippen molar-refractivity contribution in [1.82, 2.24) is 10.2 Å². The first-order valence-corrected chi connectivity index (χ1v) is 7.54. The fraction of sp³-hybridized carbons (Fsp3) is 0.533. The normalized spacial score (nSPS) is 15.0. The molecule has 1 aromatic rings. The molecule has 1 aliphatic rings. The van der Waals surface area contributed by atoms with Crippen molar-refractivity contribution in [3.05, 3.63) is 34.4 Å². The van der Waals surface area contributed by atoms with Gasteiger partial charge in [0.25, 0.3) is 5.69 Å². The highest BCUT2D eigenvalue weighted by Gasteiger charge is 2.24. The van der Waals surface area contributed by atoms with Gasteiger partial charge in [-0.1, -0.05) is 12.1 Å². The van der Waals surface area contributed by atoms with Crippen molar-refractivity contribution in [2.45, 2.75) is 12.8 Å². The lowest BCUT2D eigenvalue weighted by atomic mass is 10.2. The Balaban J connectivity index is 1.92. The molecule has 1 saturated heterocycles. The summed E-state index contributed by atoms with van der Waals surface area (Å²) in [6.07, 6.45) is 1.38. The molecule has 1 heterocycles. The summed E-state index contributed by atoms with van der Waals surface area (Å²) in [5.74, 6) is 0.164. The number of hydrogen-bond acceptors (Lipinski definition) is 5. The zero-order chi connectivity index (χ0) is 15.9. The average molecular weight is 306 g/mol. The van der Waals surface area contributed by atoms with E-state index in [9.17, 15) is 14.9 Å². The minimum absolute atomic E-state index is 0.122. The fourth-order valence-electron chi connectivity index (χ4n) is 2.66. The van der Waals surface area contributed by atoms with E-state index in [0.29, 0.717) is 38.3 Å². The molecule has 0 aliphatic carbocycles. The van der Waals surface area contributed by atoms with Gasteiger partial charge in [0.2, 0.25) is 5.91 Å². The molecule has 1 N–H and O–H groups in total. The number of amides is 1. The Morgan fingerprint density at radius 3 is 2.59 bits per heavy atom. The van der Waals surface area contributed by atoms with Gasteiger partial charge in [0.05, 0.1) is 4.92 Å². The van der Waals surface area contributed by atoms with Gasteiger partial charge in [-0.25, -0.2) is 0 Å². The summed E-state index contributed by atoms with van der Waals surface area (Å²) < 4.78 is 0. The first-order valence-electron chi connectivity index (χ1n) is 7.54. The first-order chi connectivity index (χ1) is 10.6. The SMILES string of the molecule is CNCCCC(=O)N1CCN(c2ccccc2[N+](=O)[O-])CC1. The van der Waals surface area contributed by atoms with Crippen molar-refractivity contribution >= 4 is 17.3 Å². The highest BCUT2D eigenvalue weighted by Crippen LogP contribution is 2.28. The third kappa shape index (κ3) is 3.94. The van der Waals surface area contributed by atoms with Crippen molar-refractivity contribution < 1.29 is 9.72 Å². The van der Waals surface area contributed by atoms with Crippen LogP contribution in [-0.4, -0.2) is 55.5 Å². The van der Waals surface area contributed by atoms with E-state index >= 15 is 0 Å². The third-order valence-corrected chi connectivity index (χ3v) is 3.87. The number of carbonyl (C=O) groups is 1. The number of nitro benzene ring substituents is 1. The topological polar surface area (TPSA) is 78.7 Å². The molecule has 2 rings (SSSR count). The van der Waals surface area contributed by atoms with E-state index in [-0.39, 0.29) is 16.5 Å². The molecule has 0 unspecified atom stereocenters. The lowest BCUT2D eigenvalue weighted by Crippen LogP contribution is -2.49. The van der Waals surface area contributed by atoms with E-state index in [2.05, 4.69) is 5.32 Å². The predicted octanol–water partition coefficient (Wildman–Crippen LogP) is 1.24. The molecule has 0 atom stereocenters. The van der Waals surface area contributed by atoms with Crippen molar-refractivity contribution in [2.75, 3.05) is 44.7 Å². The smallest absolute Gasteiger partial charge is 0.292 e. The number of anilines is 1. The monoisotopic (exact) mass is 306 g/mol. The largest absolute Gasteiger partial charge is 0.362 e. The van der Waals surface area contributed by atoms with Crippen LogP contribution in [0.4, 0.5) is 11.4 Å². The number of para-hydroxylation sites is 2. The van der Waals surface area contributed by atoms with Crippen LogP contribution in [-0.2, 0) is 4.79 Å².